The van der Waals surface area contributed by atoms with E-state index in [0.29, 0.717) is 16.5 Å². The van der Waals surface area contributed by atoms with Crippen LogP contribution in [0.15, 0.2) is 84.9 Å². The van der Waals surface area contributed by atoms with Gasteiger partial charge in [-0.1, -0.05) is 83.9 Å². The summed E-state index contributed by atoms with van der Waals surface area (Å²) < 4.78 is 1.66. The molecule has 0 aliphatic carbocycles. The van der Waals surface area contributed by atoms with Gasteiger partial charge in [-0.3, -0.25) is 4.79 Å². The van der Waals surface area contributed by atoms with Crippen LogP contribution in [0.2, 0.25) is 5.02 Å². The third-order valence-electron chi connectivity index (χ3n) is 5.56. The van der Waals surface area contributed by atoms with Crippen LogP contribution >= 0.6 is 11.6 Å². The molecule has 0 atom stereocenters. The molecule has 0 saturated carbocycles. The standard InChI is InChI=1S/C27H21ClN4O/c1-17-10-13-20(14-11-17)26-30-25(31-32(26)21-15-12-18(2)23(28)16-21)27(33)29-24-9-5-7-19-6-3-4-8-22(19)24/h3-16H,1-2H3,(H,29,33). The molecule has 5 aromatic rings. The van der Waals surface area contributed by atoms with Gasteiger partial charge in [-0.2, -0.15) is 0 Å². The number of nitrogens with one attached hydrogen (secondary N) is 1. The first kappa shape index (κ1) is 20.9. The number of carbonyl (C=O) groups is 1. The van der Waals surface area contributed by atoms with Crippen molar-refractivity contribution in [3.8, 4) is 17.1 Å². The summed E-state index contributed by atoms with van der Waals surface area (Å²) in [5, 5.41) is 10.2. The molecule has 0 radical (unpaired) electrons. The fraction of sp³-hybridized carbons (Fsp3) is 0.0741. The second kappa shape index (κ2) is 8.52. The molecule has 4 aromatic carbocycles. The van der Waals surface area contributed by atoms with Crippen LogP contribution in [-0.2, 0) is 0 Å². The van der Waals surface area contributed by atoms with Crippen molar-refractivity contribution >= 4 is 34.0 Å². The summed E-state index contributed by atoms with van der Waals surface area (Å²) in [5.41, 5.74) is 4.40. The molecule has 5 nitrogen and oxygen atoms in total. The topological polar surface area (TPSA) is 59.8 Å². The summed E-state index contributed by atoms with van der Waals surface area (Å²) in [6, 6.07) is 27.3. The van der Waals surface area contributed by atoms with Crippen molar-refractivity contribution in [1.29, 1.82) is 0 Å². The number of halogens is 1. The number of hydrogen-bond donors (Lipinski definition) is 1. The van der Waals surface area contributed by atoms with Gasteiger partial charge in [0.05, 0.1) is 5.69 Å². The average Bonchev–Trinajstić information content (AvgIpc) is 3.27. The van der Waals surface area contributed by atoms with Gasteiger partial charge in [-0.15, -0.1) is 5.10 Å². The number of aryl methyl sites for hydroxylation is 2. The summed E-state index contributed by atoms with van der Waals surface area (Å²) >= 11 is 6.37. The SMILES string of the molecule is Cc1ccc(-c2nc(C(=O)Nc3cccc4ccccc34)nn2-c2ccc(C)c(Cl)c2)cc1. The van der Waals surface area contributed by atoms with Crippen molar-refractivity contribution < 1.29 is 4.79 Å². The number of benzene rings is 4. The van der Waals surface area contributed by atoms with E-state index in [1.165, 1.54) is 0 Å². The van der Waals surface area contributed by atoms with Crippen molar-refractivity contribution in [2.45, 2.75) is 13.8 Å². The Morgan fingerprint density at radius 1 is 0.909 bits per heavy atom. The maximum atomic E-state index is 13.2. The highest BCUT2D eigenvalue weighted by Crippen LogP contribution is 2.26. The third-order valence-corrected chi connectivity index (χ3v) is 5.97. The highest BCUT2D eigenvalue weighted by molar-refractivity contribution is 6.31. The van der Waals surface area contributed by atoms with Crippen molar-refractivity contribution in [3.63, 3.8) is 0 Å². The van der Waals surface area contributed by atoms with Crippen LogP contribution in [0.4, 0.5) is 5.69 Å². The van der Waals surface area contributed by atoms with Crippen LogP contribution in [-0.4, -0.2) is 20.7 Å². The van der Waals surface area contributed by atoms with Crippen LogP contribution in [0.1, 0.15) is 21.7 Å². The Bertz CT molecular complexity index is 1480. The maximum absolute atomic E-state index is 13.2. The van der Waals surface area contributed by atoms with E-state index in [1.54, 1.807) is 4.68 Å². The predicted molar refractivity (Wildman–Crippen MR) is 133 cm³/mol. The monoisotopic (exact) mass is 452 g/mol. The Kier molecular flexibility index (Phi) is 5.40. The molecule has 162 valence electrons. The second-order valence-electron chi connectivity index (χ2n) is 7.95. The fourth-order valence-electron chi connectivity index (χ4n) is 3.70. The van der Waals surface area contributed by atoms with E-state index >= 15 is 0 Å². The maximum Gasteiger partial charge on any atom is 0.295 e. The number of amides is 1. The van der Waals surface area contributed by atoms with E-state index in [2.05, 4.69) is 15.4 Å². The largest absolute Gasteiger partial charge is 0.319 e. The Morgan fingerprint density at radius 2 is 1.67 bits per heavy atom. The van der Waals surface area contributed by atoms with Crippen molar-refractivity contribution in [1.82, 2.24) is 14.8 Å². The van der Waals surface area contributed by atoms with Crippen LogP contribution in [0.3, 0.4) is 0 Å². The molecule has 0 bridgehead atoms. The first-order valence-corrected chi connectivity index (χ1v) is 11.0. The van der Waals surface area contributed by atoms with Gasteiger partial charge in [-0.05, 0) is 43.0 Å². The predicted octanol–water partition coefficient (Wildman–Crippen LogP) is 6.61. The van der Waals surface area contributed by atoms with Crippen molar-refractivity contribution in [2.75, 3.05) is 5.32 Å². The van der Waals surface area contributed by atoms with Gasteiger partial charge < -0.3 is 5.32 Å². The van der Waals surface area contributed by atoms with E-state index in [1.807, 2.05) is 98.8 Å². The number of rotatable bonds is 4. The molecule has 33 heavy (non-hydrogen) atoms. The molecule has 1 aromatic heterocycles. The number of anilines is 1. The van der Waals surface area contributed by atoms with Crippen LogP contribution in [0.5, 0.6) is 0 Å². The zero-order chi connectivity index (χ0) is 22.9. The number of hydrogen-bond acceptors (Lipinski definition) is 3. The molecule has 0 saturated heterocycles. The molecule has 0 fully saturated rings. The Labute approximate surface area is 196 Å². The molecule has 5 rings (SSSR count). The van der Waals surface area contributed by atoms with E-state index in [4.69, 9.17) is 11.6 Å². The lowest BCUT2D eigenvalue weighted by atomic mass is 10.1. The highest BCUT2D eigenvalue weighted by Gasteiger charge is 2.20. The minimum Gasteiger partial charge on any atom is -0.319 e. The third kappa shape index (κ3) is 4.11. The number of fused-ring (bicyclic) bond motifs is 1. The van der Waals surface area contributed by atoms with Gasteiger partial charge in [0.15, 0.2) is 5.82 Å². The molecular formula is C27H21ClN4O. The van der Waals surface area contributed by atoms with Crippen LogP contribution < -0.4 is 5.32 Å². The molecule has 1 heterocycles. The van der Waals surface area contributed by atoms with Crippen molar-refractivity contribution in [3.05, 3.63) is 107 Å². The molecule has 0 unspecified atom stereocenters. The Morgan fingerprint density at radius 3 is 2.45 bits per heavy atom. The average molecular weight is 453 g/mol. The van der Waals surface area contributed by atoms with Gasteiger partial charge in [0.1, 0.15) is 0 Å². The smallest absolute Gasteiger partial charge is 0.295 e. The second-order valence-corrected chi connectivity index (χ2v) is 8.36. The van der Waals surface area contributed by atoms with E-state index < -0.39 is 0 Å². The Hall–Kier alpha value is -3.96. The summed E-state index contributed by atoms with van der Waals surface area (Å²) in [6.45, 7) is 3.97. The molecule has 0 aliphatic heterocycles. The lowest BCUT2D eigenvalue weighted by Crippen LogP contribution is -2.14. The quantitative estimate of drug-likeness (QED) is 0.333. The minimum atomic E-state index is -0.378. The van der Waals surface area contributed by atoms with Crippen LogP contribution in [0.25, 0.3) is 27.8 Å². The van der Waals surface area contributed by atoms with Gasteiger partial charge in [0, 0.05) is 21.7 Å². The minimum absolute atomic E-state index is 0.0789. The molecular weight excluding hydrogens is 432 g/mol. The van der Waals surface area contributed by atoms with E-state index in [0.717, 1.165) is 33.2 Å². The number of aromatic nitrogens is 3. The molecule has 0 aliphatic rings. The Balaban J connectivity index is 1.58. The highest BCUT2D eigenvalue weighted by atomic mass is 35.5. The van der Waals surface area contributed by atoms with E-state index in [-0.39, 0.29) is 11.7 Å². The molecule has 1 amide bonds. The first-order valence-electron chi connectivity index (χ1n) is 10.6. The lowest BCUT2D eigenvalue weighted by Gasteiger charge is -2.08. The van der Waals surface area contributed by atoms with Crippen molar-refractivity contribution in [2.24, 2.45) is 0 Å². The fourth-order valence-corrected chi connectivity index (χ4v) is 3.88. The normalized spacial score (nSPS) is 11.0. The van der Waals surface area contributed by atoms with Crippen LogP contribution in [0, 0.1) is 13.8 Å². The first-order chi connectivity index (χ1) is 16.0. The van der Waals surface area contributed by atoms with Gasteiger partial charge >= 0.3 is 0 Å². The van der Waals surface area contributed by atoms with Gasteiger partial charge in [0.25, 0.3) is 5.91 Å². The lowest BCUT2D eigenvalue weighted by molar-refractivity contribution is 0.101. The van der Waals surface area contributed by atoms with Gasteiger partial charge in [0.2, 0.25) is 5.82 Å². The summed E-state index contributed by atoms with van der Waals surface area (Å²) in [7, 11) is 0. The molecule has 1 N–H and O–H groups in total. The zero-order valence-electron chi connectivity index (χ0n) is 18.2. The summed E-state index contributed by atoms with van der Waals surface area (Å²) in [6.07, 6.45) is 0. The number of nitrogens with zero attached hydrogens (tertiary/aromatic N) is 3. The molecule has 0 spiro atoms. The van der Waals surface area contributed by atoms with Gasteiger partial charge in [-0.25, -0.2) is 9.67 Å². The zero-order valence-corrected chi connectivity index (χ0v) is 19.0. The number of carbonyl (C=O) groups excluding carboxylic acids is 1. The molecule has 6 heteroatoms. The summed E-state index contributed by atoms with van der Waals surface area (Å²) in [5.74, 6) is 0.268. The van der Waals surface area contributed by atoms with E-state index in [9.17, 15) is 4.79 Å². The summed E-state index contributed by atoms with van der Waals surface area (Å²) in [4.78, 5) is 17.8.